The molecule has 4 atom stereocenters. The van der Waals surface area contributed by atoms with Gasteiger partial charge in [0.2, 0.25) is 11.4 Å². The number of aromatic nitrogens is 1. The molecule has 33 heavy (non-hydrogen) atoms. The van der Waals surface area contributed by atoms with Crippen molar-refractivity contribution >= 4 is 27.7 Å². The summed E-state index contributed by atoms with van der Waals surface area (Å²) < 4.78 is 17.7. The van der Waals surface area contributed by atoms with Crippen molar-refractivity contribution in [3.05, 3.63) is 88.2 Å². The Morgan fingerprint density at radius 2 is 1.82 bits per heavy atom. The molecule has 1 fully saturated rings. The van der Waals surface area contributed by atoms with Crippen LogP contribution in [0.5, 0.6) is 11.5 Å². The Kier molecular flexibility index (Phi) is 5.02. The van der Waals surface area contributed by atoms with Gasteiger partial charge in [0.25, 0.3) is 0 Å². The molecule has 1 N–H and O–H groups in total. The van der Waals surface area contributed by atoms with Gasteiger partial charge in [-0.1, -0.05) is 58.4 Å². The fourth-order valence-electron chi connectivity index (χ4n) is 5.07. The molecule has 2 unspecified atom stereocenters. The van der Waals surface area contributed by atoms with Gasteiger partial charge in [-0.3, -0.25) is 9.59 Å². The monoisotopic (exact) mass is 509 g/mol. The van der Waals surface area contributed by atoms with Crippen LogP contribution >= 0.6 is 15.9 Å². The summed E-state index contributed by atoms with van der Waals surface area (Å²) in [6.07, 6.45) is 1.38. The molecule has 2 bridgehead atoms. The number of methoxy groups -OCH3 is 2. The number of ether oxygens (including phenoxy) is 3. The Morgan fingerprint density at radius 1 is 1.12 bits per heavy atom. The first-order chi connectivity index (χ1) is 15.9. The number of esters is 1. The summed E-state index contributed by atoms with van der Waals surface area (Å²) in [7, 11) is 2.71. The number of benzene rings is 2. The van der Waals surface area contributed by atoms with Crippen molar-refractivity contribution in [2.75, 3.05) is 14.2 Å². The van der Waals surface area contributed by atoms with E-state index in [0.717, 1.165) is 4.47 Å². The van der Waals surface area contributed by atoms with Gasteiger partial charge in [-0.15, -0.1) is 0 Å². The fourth-order valence-corrected chi connectivity index (χ4v) is 5.33. The van der Waals surface area contributed by atoms with Crippen molar-refractivity contribution in [2.45, 2.75) is 17.1 Å². The van der Waals surface area contributed by atoms with Crippen molar-refractivity contribution in [1.82, 2.24) is 4.98 Å². The molecule has 0 spiro atoms. The molecule has 5 rings (SSSR count). The Morgan fingerprint density at radius 3 is 2.45 bits per heavy atom. The molecule has 0 saturated heterocycles. The predicted molar refractivity (Wildman–Crippen MR) is 121 cm³/mol. The van der Waals surface area contributed by atoms with Gasteiger partial charge in [0, 0.05) is 16.1 Å². The highest BCUT2D eigenvalue weighted by Crippen LogP contribution is 2.64. The molecule has 3 aromatic rings. The van der Waals surface area contributed by atoms with Crippen LogP contribution in [0.25, 0.3) is 0 Å². The van der Waals surface area contributed by atoms with Crippen molar-refractivity contribution in [3.63, 3.8) is 0 Å². The van der Waals surface area contributed by atoms with E-state index >= 15 is 0 Å². The summed E-state index contributed by atoms with van der Waals surface area (Å²) in [5.41, 5.74) is -2.84. The summed E-state index contributed by atoms with van der Waals surface area (Å²) >= 11 is 3.42. The van der Waals surface area contributed by atoms with Gasteiger partial charge in [0.05, 0.1) is 26.3 Å². The lowest BCUT2D eigenvalue weighted by Gasteiger charge is -2.38. The van der Waals surface area contributed by atoms with E-state index in [-0.39, 0.29) is 11.4 Å². The van der Waals surface area contributed by atoms with Gasteiger partial charge in [0.1, 0.15) is 23.1 Å². The van der Waals surface area contributed by atoms with Crippen molar-refractivity contribution in [2.24, 2.45) is 5.92 Å². The van der Waals surface area contributed by atoms with Gasteiger partial charge in [-0.05, 0) is 17.7 Å². The molecule has 7 nitrogen and oxygen atoms in total. The molecule has 2 heterocycles. The molecule has 0 radical (unpaired) electrons. The number of Topliss-reactive ketones (excluding diaryl/α,β-unsaturated/α-hetero) is 1. The van der Waals surface area contributed by atoms with E-state index in [1.807, 2.05) is 18.2 Å². The van der Waals surface area contributed by atoms with E-state index < -0.39 is 34.8 Å². The SMILES string of the molecule is COC(=O)C1C(c2ccccc2)[C@]2(c3ccc(Br)cc3)Oc3cc(OC)cnc3[C@@]1(O)C2=O. The van der Waals surface area contributed by atoms with E-state index in [0.29, 0.717) is 16.9 Å². The van der Waals surface area contributed by atoms with Crippen LogP contribution in [-0.4, -0.2) is 36.1 Å². The lowest BCUT2D eigenvalue weighted by molar-refractivity contribution is -0.163. The number of halogens is 1. The van der Waals surface area contributed by atoms with Gasteiger partial charge >= 0.3 is 5.97 Å². The highest BCUT2D eigenvalue weighted by Gasteiger charge is 2.77. The fraction of sp³-hybridized carbons (Fsp3) is 0.240. The number of carbonyl (C=O) groups excluding carboxylic acids is 2. The molecule has 2 aromatic carbocycles. The third-order valence-electron chi connectivity index (χ3n) is 6.49. The topological polar surface area (TPSA) is 95.0 Å². The third kappa shape index (κ3) is 2.87. The van der Waals surface area contributed by atoms with E-state index in [1.165, 1.54) is 20.4 Å². The first-order valence-electron chi connectivity index (χ1n) is 10.3. The molecule has 8 heteroatoms. The highest BCUT2D eigenvalue weighted by atomic mass is 79.9. The smallest absolute Gasteiger partial charge is 0.313 e. The molecule has 1 aliphatic heterocycles. The predicted octanol–water partition coefficient (Wildman–Crippen LogP) is 3.48. The van der Waals surface area contributed by atoms with E-state index in [2.05, 4.69) is 20.9 Å². The molecular weight excluding hydrogens is 490 g/mol. The van der Waals surface area contributed by atoms with Gasteiger partial charge in [0.15, 0.2) is 5.60 Å². The molecule has 0 amide bonds. The van der Waals surface area contributed by atoms with Crippen LogP contribution in [0.1, 0.15) is 22.7 Å². The normalized spacial score (nSPS) is 27.5. The number of carbonyl (C=O) groups is 2. The summed E-state index contributed by atoms with van der Waals surface area (Å²) in [5.74, 6) is -3.00. The molecular formula is C25H20BrNO6. The van der Waals surface area contributed by atoms with Crippen LogP contribution in [0.15, 0.2) is 71.3 Å². The Balaban J connectivity index is 1.88. The number of ketones is 1. The van der Waals surface area contributed by atoms with Crippen LogP contribution in [0.3, 0.4) is 0 Å². The van der Waals surface area contributed by atoms with Gasteiger partial charge < -0.3 is 19.3 Å². The largest absolute Gasteiger partial charge is 0.495 e. The average molecular weight is 510 g/mol. The van der Waals surface area contributed by atoms with E-state index in [9.17, 15) is 14.7 Å². The second-order valence-corrected chi connectivity index (χ2v) is 8.97. The number of aliphatic hydroxyl groups is 1. The average Bonchev–Trinajstić information content (AvgIpc) is 2.97. The quantitative estimate of drug-likeness (QED) is 0.537. The van der Waals surface area contributed by atoms with Crippen molar-refractivity contribution in [3.8, 4) is 11.5 Å². The van der Waals surface area contributed by atoms with Crippen LogP contribution in [0.2, 0.25) is 0 Å². The maximum Gasteiger partial charge on any atom is 0.313 e. The number of hydrogen-bond acceptors (Lipinski definition) is 7. The number of fused-ring (bicyclic) bond motifs is 4. The van der Waals surface area contributed by atoms with Crippen LogP contribution in [0.4, 0.5) is 0 Å². The second kappa shape index (κ2) is 7.67. The first kappa shape index (κ1) is 21.6. The number of rotatable bonds is 4. The van der Waals surface area contributed by atoms with E-state index in [4.69, 9.17) is 14.2 Å². The van der Waals surface area contributed by atoms with Crippen molar-refractivity contribution in [1.29, 1.82) is 0 Å². The Hall–Kier alpha value is -3.23. The van der Waals surface area contributed by atoms with Gasteiger partial charge in [-0.25, -0.2) is 4.98 Å². The zero-order chi connectivity index (χ0) is 23.4. The summed E-state index contributed by atoms with van der Waals surface area (Å²) in [5, 5.41) is 12.0. The number of pyridine rings is 1. The van der Waals surface area contributed by atoms with Crippen LogP contribution in [-0.2, 0) is 25.5 Å². The molecule has 1 aromatic heterocycles. The lowest BCUT2D eigenvalue weighted by Crippen LogP contribution is -2.51. The third-order valence-corrected chi connectivity index (χ3v) is 7.02. The van der Waals surface area contributed by atoms with E-state index in [1.54, 1.807) is 42.5 Å². The maximum absolute atomic E-state index is 14.2. The minimum atomic E-state index is -2.26. The zero-order valence-electron chi connectivity index (χ0n) is 17.8. The molecule has 1 aliphatic carbocycles. The lowest BCUT2D eigenvalue weighted by atomic mass is 9.75. The van der Waals surface area contributed by atoms with Gasteiger partial charge in [-0.2, -0.15) is 0 Å². The first-order valence-corrected chi connectivity index (χ1v) is 11.1. The molecule has 168 valence electrons. The Labute approximate surface area is 198 Å². The minimum Gasteiger partial charge on any atom is -0.495 e. The highest BCUT2D eigenvalue weighted by molar-refractivity contribution is 9.10. The number of nitrogens with zero attached hydrogens (tertiary/aromatic N) is 1. The summed E-state index contributed by atoms with van der Waals surface area (Å²) in [4.78, 5) is 31.7. The molecule has 1 saturated carbocycles. The van der Waals surface area contributed by atoms with Crippen molar-refractivity contribution < 1.29 is 28.9 Å². The maximum atomic E-state index is 14.2. The van der Waals surface area contributed by atoms with Crippen LogP contribution < -0.4 is 9.47 Å². The number of hydrogen-bond donors (Lipinski definition) is 1. The summed E-state index contributed by atoms with van der Waals surface area (Å²) in [6.45, 7) is 0. The van der Waals surface area contributed by atoms with Crippen LogP contribution in [0, 0.1) is 5.92 Å². The minimum absolute atomic E-state index is 0.0325. The summed E-state index contributed by atoms with van der Waals surface area (Å²) in [6, 6.07) is 17.7. The Bertz CT molecular complexity index is 1250. The standard InChI is InChI=1S/C25H20BrNO6/c1-31-17-12-18-21(27-13-17)24(30)20(22(28)32-2)19(14-6-4-3-5-7-14)25(33-18,23(24)29)15-8-10-16(26)11-9-15/h3-13,19-20,30H,1-2H3/t19?,20?,24-,25+/m1/s1. The zero-order valence-corrected chi connectivity index (χ0v) is 19.4. The molecule has 2 aliphatic rings. The second-order valence-electron chi connectivity index (χ2n) is 8.05.